The molecule has 1 aromatic carbocycles. The fourth-order valence-corrected chi connectivity index (χ4v) is 4.67. The smallest absolute Gasteiger partial charge is 0.247 e. The molecule has 2 N–H and O–H groups in total. The van der Waals surface area contributed by atoms with Gasteiger partial charge in [0.05, 0.1) is 17.6 Å². The van der Waals surface area contributed by atoms with Crippen molar-refractivity contribution in [3.63, 3.8) is 0 Å². The SMILES string of the molecule is CC1(C)C(=O)Nc2cc(Nc3nc4c(N5CC6CCC(C5)O6)nccn4n3)ccc21. The van der Waals surface area contributed by atoms with Crippen LogP contribution in [-0.2, 0) is 14.9 Å². The van der Waals surface area contributed by atoms with E-state index < -0.39 is 5.41 Å². The number of morpholine rings is 1. The van der Waals surface area contributed by atoms with Gasteiger partial charge < -0.3 is 20.3 Å². The van der Waals surface area contributed by atoms with Crippen LogP contribution in [0.25, 0.3) is 5.65 Å². The number of hydrogen-bond donors (Lipinski definition) is 2. The van der Waals surface area contributed by atoms with Gasteiger partial charge in [0.2, 0.25) is 11.9 Å². The van der Waals surface area contributed by atoms with Crippen LogP contribution in [-0.4, -0.2) is 50.8 Å². The lowest BCUT2D eigenvalue weighted by molar-refractivity contribution is -0.119. The number of hydrogen-bond acceptors (Lipinski definition) is 7. The van der Waals surface area contributed by atoms with Gasteiger partial charge in [-0.25, -0.2) is 9.50 Å². The number of anilines is 4. The van der Waals surface area contributed by atoms with Gasteiger partial charge in [0, 0.05) is 36.9 Å². The molecule has 3 aromatic rings. The van der Waals surface area contributed by atoms with Crippen LogP contribution in [0.4, 0.5) is 23.1 Å². The molecule has 2 fully saturated rings. The summed E-state index contributed by atoms with van der Waals surface area (Å²) in [4.78, 5) is 23.7. The summed E-state index contributed by atoms with van der Waals surface area (Å²) in [6.45, 7) is 5.52. The van der Waals surface area contributed by atoms with Crippen LogP contribution in [0.3, 0.4) is 0 Å². The molecule has 0 saturated carbocycles. The summed E-state index contributed by atoms with van der Waals surface area (Å²) in [5.74, 6) is 1.33. The molecule has 30 heavy (non-hydrogen) atoms. The summed E-state index contributed by atoms with van der Waals surface area (Å²) < 4.78 is 7.70. The molecule has 2 unspecified atom stereocenters. The van der Waals surface area contributed by atoms with E-state index in [1.54, 1.807) is 16.9 Å². The molecular weight excluding hydrogens is 382 g/mol. The van der Waals surface area contributed by atoms with E-state index in [1.807, 2.05) is 32.0 Å². The quantitative estimate of drug-likeness (QED) is 0.691. The summed E-state index contributed by atoms with van der Waals surface area (Å²) in [6, 6.07) is 5.85. The number of nitrogens with one attached hydrogen (secondary N) is 2. The summed E-state index contributed by atoms with van der Waals surface area (Å²) >= 11 is 0. The molecular formula is C21H23N7O2. The predicted octanol–water partition coefficient (Wildman–Crippen LogP) is 2.47. The molecule has 3 aliphatic rings. The molecule has 5 heterocycles. The Kier molecular flexibility index (Phi) is 3.62. The van der Waals surface area contributed by atoms with Crippen molar-refractivity contribution in [2.24, 2.45) is 0 Å². The maximum absolute atomic E-state index is 12.2. The molecule has 2 saturated heterocycles. The van der Waals surface area contributed by atoms with Crippen molar-refractivity contribution in [1.29, 1.82) is 0 Å². The van der Waals surface area contributed by atoms with E-state index in [-0.39, 0.29) is 18.1 Å². The number of nitrogens with zero attached hydrogens (tertiary/aromatic N) is 5. The maximum Gasteiger partial charge on any atom is 0.247 e. The van der Waals surface area contributed by atoms with Gasteiger partial charge in [0.25, 0.3) is 0 Å². The van der Waals surface area contributed by atoms with Gasteiger partial charge in [-0.15, -0.1) is 5.10 Å². The number of rotatable bonds is 3. The van der Waals surface area contributed by atoms with Crippen molar-refractivity contribution in [3.05, 3.63) is 36.2 Å². The van der Waals surface area contributed by atoms with E-state index in [0.29, 0.717) is 5.95 Å². The summed E-state index contributed by atoms with van der Waals surface area (Å²) in [7, 11) is 0. The highest BCUT2D eigenvalue weighted by Gasteiger charge is 2.38. The zero-order chi connectivity index (χ0) is 20.5. The second-order valence-corrected chi connectivity index (χ2v) is 8.78. The molecule has 0 aliphatic carbocycles. The van der Waals surface area contributed by atoms with E-state index in [9.17, 15) is 4.79 Å². The molecule has 9 nitrogen and oxygen atoms in total. The Bertz CT molecular complexity index is 1160. The molecule has 6 rings (SSSR count). The monoisotopic (exact) mass is 405 g/mol. The average molecular weight is 405 g/mol. The number of amides is 1. The molecule has 2 aromatic heterocycles. The van der Waals surface area contributed by atoms with Gasteiger partial charge in [-0.1, -0.05) is 6.07 Å². The van der Waals surface area contributed by atoms with Gasteiger partial charge in [0.1, 0.15) is 0 Å². The van der Waals surface area contributed by atoms with Gasteiger partial charge >= 0.3 is 0 Å². The second kappa shape index (κ2) is 6.15. The Morgan fingerprint density at radius 3 is 2.83 bits per heavy atom. The first kappa shape index (κ1) is 17.6. The summed E-state index contributed by atoms with van der Waals surface area (Å²) in [6.07, 6.45) is 6.32. The summed E-state index contributed by atoms with van der Waals surface area (Å²) in [5.41, 5.74) is 2.84. The van der Waals surface area contributed by atoms with Crippen LogP contribution in [0, 0.1) is 0 Å². The normalized spacial score (nSPS) is 24.2. The van der Waals surface area contributed by atoms with E-state index in [1.165, 1.54) is 0 Å². The van der Waals surface area contributed by atoms with Crippen LogP contribution in [0.1, 0.15) is 32.3 Å². The van der Waals surface area contributed by atoms with Crippen molar-refractivity contribution < 1.29 is 9.53 Å². The Morgan fingerprint density at radius 1 is 1.23 bits per heavy atom. The highest BCUT2D eigenvalue weighted by Crippen LogP contribution is 2.39. The van der Waals surface area contributed by atoms with Gasteiger partial charge in [0.15, 0.2) is 11.5 Å². The van der Waals surface area contributed by atoms with Crippen molar-refractivity contribution in [3.8, 4) is 0 Å². The molecule has 9 heteroatoms. The van der Waals surface area contributed by atoms with E-state index in [0.717, 1.165) is 54.3 Å². The first-order chi connectivity index (χ1) is 14.5. The Labute approximate surface area is 173 Å². The fraction of sp³-hybridized carbons (Fsp3) is 0.429. The molecule has 1 amide bonds. The highest BCUT2D eigenvalue weighted by atomic mass is 16.5. The molecule has 154 valence electrons. The molecule has 3 aliphatic heterocycles. The number of ether oxygens (including phenoxy) is 1. The number of benzene rings is 1. The maximum atomic E-state index is 12.2. The summed E-state index contributed by atoms with van der Waals surface area (Å²) in [5, 5.41) is 10.8. The lowest BCUT2D eigenvalue weighted by Crippen LogP contribution is -2.43. The van der Waals surface area contributed by atoms with Crippen LogP contribution in [0.15, 0.2) is 30.6 Å². The van der Waals surface area contributed by atoms with Crippen LogP contribution in [0.2, 0.25) is 0 Å². The van der Waals surface area contributed by atoms with E-state index in [2.05, 4.69) is 25.6 Å². The van der Waals surface area contributed by atoms with Crippen LogP contribution in [0.5, 0.6) is 0 Å². The third-order valence-electron chi connectivity index (χ3n) is 6.34. The minimum Gasteiger partial charge on any atom is -0.371 e. The third-order valence-corrected chi connectivity index (χ3v) is 6.34. The zero-order valence-corrected chi connectivity index (χ0v) is 16.9. The zero-order valence-electron chi connectivity index (χ0n) is 16.9. The number of carbonyl (C=O) groups excluding carboxylic acids is 1. The fourth-order valence-electron chi connectivity index (χ4n) is 4.67. The van der Waals surface area contributed by atoms with Crippen LogP contribution >= 0.6 is 0 Å². The second-order valence-electron chi connectivity index (χ2n) is 8.78. The molecule has 2 atom stereocenters. The first-order valence-corrected chi connectivity index (χ1v) is 10.3. The van der Waals surface area contributed by atoms with Crippen LogP contribution < -0.4 is 15.5 Å². The number of carbonyl (C=O) groups is 1. The highest BCUT2D eigenvalue weighted by molar-refractivity contribution is 6.06. The van der Waals surface area contributed by atoms with Crippen molar-refractivity contribution in [1.82, 2.24) is 19.6 Å². The molecule has 0 spiro atoms. The topological polar surface area (TPSA) is 96.7 Å². The lowest BCUT2D eigenvalue weighted by Gasteiger charge is -2.32. The predicted molar refractivity (Wildman–Crippen MR) is 112 cm³/mol. The van der Waals surface area contributed by atoms with Gasteiger partial charge in [-0.2, -0.15) is 4.98 Å². The van der Waals surface area contributed by atoms with Crippen molar-refractivity contribution in [2.45, 2.75) is 44.3 Å². The van der Waals surface area contributed by atoms with Gasteiger partial charge in [-0.05, 0) is 44.4 Å². The van der Waals surface area contributed by atoms with Crippen molar-refractivity contribution >= 4 is 34.7 Å². The minimum absolute atomic E-state index is 0.00991. The number of aromatic nitrogens is 4. The standard InChI is InChI=1S/C21H23N7O2/c1-21(2)15-6-3-12(9-16(15)24-19(21)29)23-20-25-18-17(22-7-8-28(18)26-20)27-10-13-4-5-14(11-27)30-13/h3,6-9,13-14H,4-5,10-11H2,1-2H3,(H,23,26)(H,24,29). The van der Waals surface area contributed by atoms with Gasteiger partial charge in [-0.3, -0.25) is 4.79 Å². The van der Waals surface area contributed by atoms with Crippen molar-refractivity contribution in [2.75, 3.05) is 28.6 Å². The average Bonchev–Trinajstić information content (AvgIpc) is 3.35. The lowest BCUT2D eigenvalue weighted by atomic mass is 9.86. The number of fused-ring (bicyclic) bond motifs is 4. The Balaban J connectivity index is 1.30. The minimum atomic E-state index is -0.520. The molecule has 0 radical (unpaired) electrons. The first-order valence-electron chi connectivity index (χ1n) is 10.3. The third kappa shape index (κ3) is 2.65. The van der Waals surface area contributed by atoms with E-state index in [4.69, 9.17) is 9.72 Å². The largest absolute Gasteiger partial charge is 0.371 e. The van der Waals surface area contributed by atoms with E-state index >= 15 is 0 Å². The Hall–Kier alpha value is -3.20. The molecule has 2 bridgehead atoms. The Morgan fingerprint density at radius 2 is 2.03 bits per heavy atom.